The van der Waals surface area contributed by atoms with E-state index in [2.05, 4.69) is 29.5 Å². The van der Waals surface area contributed by atoms with E-state index in [0.717, 1.165) is 22.5 Å². The Hall–Kier alpha value is -1.25. The summed E-state index contributed by atoms with van der Waals surface area (Å²) in [4.78, 5) is 3.15. The lowest BCUT2D eigenvalue weighted by molar-refractivity contribution is 0.619. The number of benzene rings is 1. The molecule has 1 aromatic carbocycles. The fourth-order valence-corrected chi connectivity index (χ4v) is 3.15. The van der Waals surface area contributed by atoms with E-state index >= 15 is 0 Å². The van der Waals surface area contributed by atoms with Gasteiger partial charge in [0.25, 0.3) is 0 Å². The number of aromatic nitrogens is 2. The molecule has 0 fully saturated rings. The van der Waals surface area contributed by atoms with Gasteiger partial charge in [0.1, 0.15) is 6.07 Å². The molecule has 2 rings (SSSR count). The SMILES string of the molecule is CCSCC(C)n1c(=S)[nH]c2c(C#N)cccc21. The van der Waals surface area contributed by atoms with Crippen LogP contribution in [0.15, 0.2) is 18.2 Å². The van der Waals surface area contributed by atoms with Crippen molar-refractivity contribution < 1.29 is 0 Å². The van der Waals surface area contributed by atoms with Crippen LogP contribution in [-0.4, -0.2) is 21.1 Å². The molecule has 3 nitrogen and oxygen atoms in total. The molecule has 1 atom stereocenters. The molecule has 1 heterocycles. The Kier molecular flexibility index (Phi) is 4.10. The van der Waals surface area contributed by atoms with Crippen LogP contribution >= 0.6 is 24.0 Å². The van der Waals surface area contributed by atoms with Crippen molar-refractivity contribution in [1.29, 1.82) is 5.26 Å². The topological polar surface area (TPSA) is 44.5 Å². The highest BCUT2D eigenvalue weighted by Crippen LogP contribution is 2.23. The predicted octanol–water partition coefficient (Wildman–Crippen LogP) is 3.88. The number of para-hydroxylation sites is 1. The van der Waals surface area contributed by atoms with Gasteiger partial charge in [-0.25, -0.2) is 0 Å². The van der Waals surface area contributed by atoms with Crippen LogP contribution in [0, 0.1) is 16.1 Å². The summed E-state index contributed by atoms with van der Waals surface area (Å²) >= 11 is 7.27. The number of H-pyrrole nitrogens is 1. The number of thioether (sulfide) groups is 1. The van der Waals surface area contributed by atoms with Gasteiger partial charge in [0, 0.05) is 11.8 Å². The van der Waals surface area contributed by atoms with E-state index in [1.54, 1.807) is 0 Å². The Morgan fingerprint density at radius 3 is 3.00 bits per heavy atom. The van der Waals surface area contributed by atoms with Gasteiger partial charge in [-0.1, -0.05) is 13.0 Å². The quantitative estimate of drug-likeness (QED) is 0.862. The van der Waals surface area contributed by atoms with Gasteiger partial charge >= 0.3 is 0 Å². The minimum absolute atomic E-state index is 0.324. The summed E-state index contributed by atoms with van der Waals surface area (Å²) in [5.41, 5.74) is 2.51. The number of nitriles is 1. The van der Waals surface area contributed by atoms with E-state index in [1.807, 2.05) is 30.0 Å². The summed E-state index contributed by atoms with van der Waals surface area (Å²) in [6, 6.07) is 8.24. The van der Waals surface area contributed by atoms with Crippen molar-refractivity contribution >= 4 is 35.0 Å². The van der Waals surface area contributed by atoms with Gasteiger partial charge in [-0.15, -0.1) is 0 Å². The van der Waals surface area contributed by atoms with Gasteiger partial charge in [-0.05, 0) is 37.0 Å². The molecule has 0 amide bonds. The predicted molar refractivity (Wildman–Crippen MR) is 79.5 cm³/mol. The summed E-state index contributed by atoms with van der Waals surface area (Å²) in [6.45, 7) is 4.31. The normalized spacial score (nSPS) is 12.5. The number of fused-ring (bicyclic) bond motifs is 1. The molecular formula is C13H15N3S2. The fraction of sp³-hybridized carbons (Fsp3) is 0.385. The Morgan fingerprint density at radius 1 is 1.56 bits per heavy atom. The summed E-state index contributed by atoms with van der Waals surface area (Å²) in [5.74, 6) is 2.12. The lowest BCUT2D eigenvalue weighted by Gasteiger charge is -2.13. The molecule has 18 heavy (non-hydrogen) atoms. The molecule has 0 saturated heterocycles. The minimum atomic E-state index is 0.324. The van der Waals surface area contributed by atoms with Crippen LogP contribution in [0.25, 0.3) is 11.0 Å². The number of aromatic amines is 1. The Bertz CT molecular complexity index is 648. The summed E-state index contributed by atoms with van der Waals surface area (Å²) in [5, 5.41) is 9.10. The molecule has 0 saturated carbocycles. The first-order valence-corrected chi connectivity index (χ1v) is 7.46. The molecule has 0 spiro atoms. The van der Waals surface area contributed by atoms with Crippen molar-refractivity contribution in [1.82, 2.24) is 9.55 Å². The second-order valence-corrected chi connectivity index (χ2v) is 5.83. The highest BCUT2D eigenvalue weighted by molar-refractivity contribution is 7.99. The molecule has 2 aromatic rings. The van der Waals surface area contributed by atoms with Crippen LogP contribution in [0.5, 0.6) is 0 Å². The maximum atomic E-state index is 9.10. The Morgan fingerprint density at radius 2 is 2.33 bits per heavy atom. The number of nitrogens with zero attached hydrogens (tertiary/aromatic N) is 2. The maximum absolute atomic E-state index is 9.10. The van der Waals surface area contributed by atoms with Crippen LogP contribution in [0.3, 0.4) is 0 Å². The highest BCUT2D eigenvalue weighted by atomic mass is 32.2. The highest BCUT2D eigenvalue weighted by Gasteiger charge is 2.12. The van der Waals surface area contributed by atoms with Crippen LogP contribution in [-0.2, 0) is 0 Å². The second-order valence-electron chi connectivity index (χ2n) is 4.12. The van der Waals surface area contributed by atoms with Gasteiger partial charge < -0.3 is 9.55 Å². The zero-order chi connectivity index (χ0) is 13.1. The molecular weight excluding hydrogens is 262 g/mol. The minimum Gasteiger partial charge on any atom is -0.329 e. The first-order chi connectivity index (χ1) is 8.69. The van der Waals surface area contributed by atoms with E-state index in [4.69, 9.17) is 17.5 Å². The average molecular weight is 277 g/mol. The molecule has 0 bridgehead atoms. The van der Waals surface area contributed by atoms with E-state index < -0.39 is 0 Å². The standard InChI is InChI=1S/C13H15N3S2/c1-3-18-8-9(2)16-11-6-4-5-10(7-14)12(11)15-13(16)17/h4-6,9H,3,8H2,1-2H3,(H,15,17). The third-order valence-corrected chi connectivity index (χ3v) is 4.30. The lowest BCUT2D eigenvalue weighted by atomic mass is 10.2. The fourth-order valence-electron chi connectivity index (χ4n) is 2.04. The lowest BCUT2D eigenvalue weighted by Crippen LogP contribution is -2.07. The van der Waals surface area contributed by atoms with Crippen molar-refractivity contribution in [2.45, 2.75) is 19.9 Å². The molecule has 0 radical (unpaired) electrons. The first kappa shape index (κ1) is 13.2. The molecule has 0 aliphatic heterocycles. The molecule has 0 aliphatic carbocycles. The summed E-state index contributed by atoms with van der Waals surface area (Å²) < 4.78 is 2.80. The van der Waals surface area contributed by atoms with Crippen molar-refractivity contribution in [3.8, 4) is 6.07 Å². The third-order valence-electron chi connectivity index (χ3n) is 2.88. The number of hydrogen-bond acceptors (Lipinski definition) is 3. The van der Waals surface area contributed by atoms with E-state index in [1.165, 1.54) is 0 Å². The van der Waals surface area contributed by atoms with Crippen molar-refractivity contribution in [2.24, 2.45) is 0 Å². The van der Waals surface area contributed by atoms with E-state index in [-0.39, 0.29) is 0 Å². The Balaban J connectivity index is 2.55. The zero-order valence-electron chi connectivity index (χ0n) is 10.4. The molecule has 94 valence electrons. The number of imidazole rings is 1. The number of rotatable bonds is 4. The summed E-state index contributed by atoms with van der Waals surface area (Å²) in [6.07, 6.45) is 0. The van der Waals surface area contributed by atoms with Gasteiger partial charge in [-0.3, -0.25) is 0 Å². The van der Waals surface area contributed by atoms with Crippen molar-refractivity contribution in [3.05, 3.63) is 28.5 Å². The Labute approximate surface area is 116 Å². The third kappa shape index (κ3) is 2.31. The number of nitrogens with one attached hydrogen (secondary N) is 1. The second kappa shape index (κ2) is 5.59. The van der Waals surface area contributed by atoms with Crippen LogP contribution in [0.4, 0.5) is 0 Å². The van der Waals surface area contributed by atoms with Gasteiger partial charge in [0.05, 0.1) is 16.6 Å². The van der Waals surface area contributed by atoms with Crippen molar-refractivity contribution in [2.75, 3.05) is 11.5 Å². The monoisotopic (exact) mass is 277 g/mol. The summed E-state index contributed by atoms with van der Waals surface area (Å²) in [7, 11) is 0. The largest absolute Gasteiger partial charge is 0.329 e. The van der Waals surface area contributed by atoms with E-state index in [0.29, 0.717) is 16.4 Å². The molecule has 1 aromatic heterocycles. The maximum Gasteiger partial charge on any atom is 0.178 e. The van der Waals surface area contributed by atoms with Crippen molar-refractivity contribution in [3.63, 3.8) is 0 Å². The van der Waals surface area contributed by atoms with Gasteiger partial charge in [0.2, 0.25) is 0 Å². The average Bonchev–Trinajstić information content (AvgIpc) is 2.71. The smallest absolute Gasteiger partial charge is 0.178 e. The zero-order valence-corrected chi connectivity index (χ0v) is 12.1. The van der Waals surface area contributed by atoms with Crippen LogP contribution in [0.2, 0.25) is 0 Å². The number of hydrogen-bond donors (Lipinski definition) is 1. The van der Waals surface area contributed by atoms with Crippen LogP contribution < -0.4 is 0 Å². The molecule has 0 aliphatic rings. The van der Waals surface area contributed by atoms with Gasteiger partial charge in [-0.2, -0.15) is 17.0 Å². The van der Waals surface area contributed by atoms with Crippen LogP contribution in [0.1, 0.15) is 25.5 Å². The molecule has 1 unspecified atom stereocenters. The molecule has 5 heteroatoms. The van der Waals surface area contributed by atoms with E-state index in [9.17, 15) is 0 Å². The van der Waals surface area contributed by atoms with Gasteiger partial charge in [0.15, 0.2) is 4.77 Å². The molecule has 1 N–H and O–H groups in total. The first-order valence-electron chi connectivity index (χ1n) is 5.90.